The third kappa shape index (κ3) is 5.10. The van der Waals surface area contributed by atoms with Crippen LogP contribution in [0.15, 0.2) is 46.9 Å². The summed E-state index contributed by atoms with van der Waals surface area (Å²) in [5.41, 5.74) is 1.69. The Hall–Kier alpha value is -3.06. The first-order valence-corrected chi connectivity index (χ1v) is 9.91. The molecule has 1 amide bonds. The number of benzene rings is 2. The Morgan fingerprint density at radius 1 is 1.17 bits per heavy atom. The minimum absolute atomic E-state index is 0.0864. The molecule has 0 N–H and O–H groups in total. The lowest BCUT2D eigenvalue weighted by atomic mass is 10.2. The average Bonchev–Trinajstić information content (AvgIpc) is 3.19. The smallest absolute Gasteiger partial charge is 0.261 e. The van der Waals surface area contributed by atoms with E-state index >= 15 is 0 Å². The predicted octanol–water partition coefficient (Wildman–Crippen LogP) is 4.52. The molecule has 0 fully saturated rings. The summed E-state index contributed by atoms with van der Waals surface area (Å²) < 4.78 is 16.8. The van der Waals surface area contributed by atoms with Gasteiger partial charge in [-0.3, -0.25) is 4.79 Å². The minimum Gasteiger partial charge on any atom is -0.493 e. The number of nitrogens with zero attached hydrogens (tertiary/aromatic N) is 3. The summed E-state index contributed by atoms with van der Waals surface area (Å²) >= 11 is 6.19. The number of amides is 1. The van der Waals surface area contributed by atoms with Crippen molar-refractivity contribution in [1.29, 1.82) is 0 Å². The summed E-state index contributed by atoms with van der Waals surface area (Å²) in [5.74, 6) is 1.52. The van der Waals surface area contributed by atoms with Gasteiger partial charge in [-0.05, 0) is 50.6 Å². The van der Waals surface area contributed by atoms with Crippen molar-refractivity contribution < 1.29 is 18.7 Å². The van der Waals surface area contributed by atoms with E-state index in [1.807, 2.05) is 45.0 Å². The van der Waals surface area contributed by atoms with Crippen LogP contribution in [0.3, 0.4) is 0 Å². The first-order chi connectivity index (χ1) is 14.4. The van der Waals surface area contributed by atoms with Crippen molar-refractivity contribution >= 4 is 17.5 Å². The molecule has 0 saturated heterocycles. The molecule has 2 aromatic carbocycles. The lowest BCUT2D eigenvalue weighted by Crippen LogP contribution is -2.39. The molecule has 158 valence electrons. The molecule has 1 heterocycles. The maximum Gasteiger partial charge on any atom is 0.261 e. The van der Waals surface area contributed by atoms with Crippen molar-refractivity contribution in [2.45, 2.75) is 33.4 Å². The fraction of sp³-hybridized carbons (Fsp3) is 0.318. The van der Waals surface area contributed by atoms with Crippen LogP contribution in [0.1, 0.15) is 25.3 Å². The highest BCUT2D eigenvalue weighted by Crippen LogP contribution is 2.28. The second-order valence-electron chi connectivity index (χ2n) is 7.04. The van der Waals surface area contributed by atoms with Crippen molar-refractivity contribution in [3.8, 4) is 23.0 Å². The molecule has 0 atom stereocenters. The van der Waals surface area contributed by atoms with E-state index in [0.29, 0.717) is 33.9 Å². The van der Waals surface area contributed by atoms with Crippen molar-refractivity contribution in [3.05, 3.63) is 58.9 Å². The Morgan fingerprint density at radius 3 is 2.63 bits per heavy atom. The summed E-state index contributed by atoms with van der Waals surface area (Å²) in [6, 6.07) is 12.7. The summed E-state index contributed by atoms with van der Waals surface area (Å²) in [5, 5.41) is 8.64. The van der Waals surface area contributed by atoms with E-state index in [-0.39, 0.29) is 25.1 Å². The first kappa shape index (κ1) is 21.6. The van der Waals surface area contributed by atoms with Gasteiger partial charge in [-0.15, -0.1) is 10.2 Å². The van der Waals surface area contributed by atoms with Crippen molar-refractivity contribution in [2.75, 3.05) is 13.7 Å². The average molecular weight is 430 g/mol. The van der Waals surface area contributed by atoms with E-state index < -0.39 is 0 Å². The summed E-state index contributed by atoms with van der Waals surface area (Å²) in [7, 11) is 1.57. The van der Waals surface area contributed by atoms with E-state index in [9.17, 15) is 4.79 Å². The molecule has 0 bridgehead atoms. The zero-order valence-corrected chi connectivity index (χ0v) is 18.1. The number of carbonyl (C=O) groups excluding carboxylic acids is 1. The largest absolute Gasteiger partial charge is 0.493 e. The number of aryl methyl sites for hydroxylation is 1. The molecule has 0 unspecified atom stereocenters. The lowest BCUT2D eigenvalue weighted by Gasteiger charge is -2.25. The molecule has 1 aromatic heterocycles. The van der Waals surface area contributed by atoms with Gasteiger partial charge in [-0.1, -0.05) is 29.8 Å². The van der Waals surface area contributed by atoms with Crippen molar-refractivity contribution in [2.24, 2.45) is 0 Å². The Balaban J connectivity index is 1.69. The molecule has 0 aliphatic heterocycles. The maximum atomic E-state index is 12.8. The van der Waals surface area contributed by atoms with Crippen LogP contribution >= 0.6 is 11.6 Å². The molecule has 30 heavy (non-hydrogen) atoms. The quantitative estimate of drug-likeness (QED) is 0.523. The van der Waals surface area contributed by atoms with Gasteiger partial charge in [0.1, 0.15) is 0 Å². The van der Waals surface area contributed by atoms with Crippen LogP contribution < -0.4 is 9.47 Å². The SMILES string of the molecule is COc1cc(C)ccc1OCC(=O)N(Cc1nnc(-c2ccccc2Cl)o1)C(C)C. The highest BCUT2D eigenvalue weighted by Gasteiger charge is 2.22. The number of rotatable bonds is 8. The number of aromatic nitrogens is 2. The first-order valence-electron chi connectivity index (χ1n) is 9.53. The summed E-state index contributed by atoms with van der Waals surface area (Å²) in [6.07, 6.45) is 0. The topological polar surface area (TPSA) is 77.7 Å². The molecule has 7 nitrogen and oxygen atoms in total. The van der Waals surface area contributed by atoms with Crippen molar-refractivity contribution in [1.82, 2.24) is 15.1 Å². The summed E-state index contributed by atoms with van der Waals surface area (Å²) in [4.78, 5) is 14.4. The fourth-order valence-electron chi connectivity index (χ4n) is 2.88. The van der Waals surface area contributed by atoms with Crippen LogP contribution in [0.5, 0.6) is 11.5 Å². The molecule has 0 radical (unpaired) electrons. The minimum atomic E-state index is -0.204. The molecule has 0 aliphatic carbocycles. The highest BCUT2D eigenvalue weighted by molar-refractivity contribution is 6.33. The monoisotopic (exact) mass is 429 g/mol. The van der Waals surface area contributed by atoms with Gasteiger partial charge < -0.3 is 18.8 Å². The Morgan fingerprint density at radius 2 is 1.93 bits per heavy atom. The maximum absolute atomic E-state index is 12.8. The number of methoxy groups -OCH3 is 1. The Kier molecular flexibility index (Phi) is 6.95. The van der Waals surface area contributed by atoms with E-state index in [1.165, 1.54) is 0 Å². The lowest BCUT2D eigenvalue weighted by molar-refractivity contribution is -0.136. The van der Waals surface area contributed by atoms with E-state index in [2.05, 4.69) is 10.2 Å². The van der Waals surface area contributed by atoms with Crippen LogP contribution in [-0.2, 0) is 11.3 Å². The van der Waals surface area contributed by atoms with Gasteiger partial charge in [-0.2, -0.15) is 0 Å². The third-order valence-corrected chi connectivity index (χ3v) is 4.82. The third-order valence-electron chi connectivity index (χ3n) is 4.49. The van der Waals surface area contributed by atoms with Crippen LogP contribution in [0.4, 0.5) is 0 Å². The van der Waals surface area contributed by atoms with E-state index in [0.717, 1.165) is 5.56 Å². The molecule has 3 aromatic rings. The van der Waals surface area contributed by atoms with Crippen LogP contribution in [0.25, 0.3) is 11.5 Å². The number of carbonyl (C=O) groups is 1. The Bertz CT molecular complexity index is 1020. The predicted molar refractivity (Wildman–Crippen MR) is 114 cm³/mol. The van der Waals surface area contributed by atoms with Gasteiger partial charge >= 0.3 is 0 Å². The summed E-state index contributed by atoms with van der Waals surface area (Å²) in [6.45, 7) is 5.82. The molecule has 3 rings (SSSR count). The van der Waals surface area contributed by atoms with Gasteiger partial charge in [0.05, 0.1) is 24.2 Å². The molecule has 0 spiro atoms. The molecule has 8 heteroatoms. The molecule has 0 aliphatic rings. The van der Waals surface area contributed by atoms with Crippen molar-refractivity contribution in [3.63, 3.8) is 0 Å². The van der Waals surface area contributed by atoms with Gasteiger partial charge in [0, 0.05) is 6.04 Å². The zero-order chi connectivity index (χ0) is 21.7. The standard InChI is InChI=1S/C22H24ClN3O4/c1-14(2)26(21(27)13-29-18-10-9-15(3)11-19(18)28-4)12-20-24-25-22(30-20)16-7-5-6-8-17(16)23/h5-11,14H,12-13H2,1-4H3. The van der Waals surface area contributed by atoms with Gasteiger partial charge in [0.25, 0.3) is 5.91 Å². The fourth-order valence-corrected chi connectivity index (χ4v) is 3.10. The number of hydrogen-bond acceptors (Lipinski definition) is 6. The highest BCUT2D eigenvalue weighted by atomic mass is 35.5. The number of halogens is 1. The number of ether oxygens (including phenoxy) is 2. The zero-order valence-electron chi connectivity index (χ0n) is 17.4. The van der Waals surface area contributed by atoms with Crippen LogP contribution in [-0.4, -0.2) is 40.8 Å². The van der Waals surface area contributed by atoms with Gasteiger partial charge in [0.15, 0.2) is 18.1 Å². The second-order valence-corrected chi connectivity index (χ2v) is 7.45. The molecule has 0 saturated carbocycles. The molecular formula is C22H24ClN3O4. The van der Waals surface area contributed by atoms with Gasteiger partial charge in [0.2, 0.25) is 11.8 Å². The molecular weight excluding hydrogens is 406 g/mol. The normalized spacial score (nSPS) is 10.9. The Labute approximate surface area is 180 Å². The second kappa shape index (κ2) is 9.63. The number of hydrogen-bond donors (Lipinski definition) is 0. The van der Waals surface area contributed by atoms with Crippen LogP contribution in [0.2, 0.25) is 5.02 Å². The van der Waals surface area contributed by atoms with Gasteiger partial charge in [-0.25, -0.2) is 0 Å². The van der Waals surface area contributed by atoms with Crippen LogP contribution in [0, 0.1) is 6.92 Å². The van der Waals surface area contributed by atoms with E-state index in [1.54, 1.807) is 30.2 Å². The van der Waals surface area contributed by atoms with E-state index in [4.69, 9.17) is 25.5 Å².